The zero-order valence-corrected chi connectivity index (χ0v) is 11.6. The summed E-state index contributed by atoms with van der Waals surface area (Å²) in [5.74, 6) is 0. The number of hydrogen-bond acceptors (Lipinski definition) is 3. The second-order valence-electron chi connectivity index (χ2n) is 3.01. The molecule has 0 aliphatic carbocycles. The fourth-order valence-corrected chi connectivity index (χ4v) is 3.22. The zero-order chi connectivity index (χ0) is 10.8. The summed E-state index contributed by atoms with van der Waals surface area (Å²) in [4.78, 5) is 5.44. The Morgan fingerprint density at radius 3 is 2.80 bits per heavy atom. The van der Waals surface area contributed by atoms with E-state index in [4.69, 9.17) is 5.73 Å². The minimum atomic E-state index is -0.160. The molecular weight excluding hydrogens is 340 g/mol. The number of thiophene rings is 1. The second-order valence-corrected chi connectivity index (χ2v) is 5.76. The molecule has 1 unspecified atom stereocenters. The number of pyridine rings is 1. The first kappa shape index (κ1) is 11.3. The number of hydrogen-bond donors (Lipinski definition) is 1. The Balaban J connectivity index is 2.38. The van der Waals surface area contributed by atoms with E-state index in [0.717, 1.165) is 19.5 Å². The molecule has 0 aromatic carbocycles. The lowest BCUT2D eigenvalue weighted by atomic mass is 10.2. The lowest BCUT2D eigenvalue weighted by Crippen LogP contribution is -2.12. The van der Waals surface area contributed by atoms with Crippen molar-refractivity contribution < 1.29 is 0 Å². The lowest BCUT2D eigenvalue weighted by molar-refractivity contribution is 0.838. The van der Waals surface area contributed by atoms with Gasteiger partial charge in [0.1, 0.15) is 0 Å². The molecule has 0 aliphatic rings. The summed E-state index contributed by atoms with van der Waals surface area (Å²) in [5, 5.41) is 2.02. The Morgan fingerprint density at radius 2 is 2.20 bits per heavy atom. The molecule has 0 radical (unpaired) electrons. The van der Waals surface area contributed by atoms with Crippen LogP contribution in [-0.4, -0.2) is 4.98 Å². The largest absolute Gasteiger partial charge is 0.318 e. The summed E-state index contributed by atoms with van der Waals surface area (Å²) in [6.07, 6.45) is 1.76. The van der Waals surface area contributed by atoms with Crippen LogP contribution < -0.4 is 5.73 Å². The van der Waals surface area contributed by atoms with E-state index in [0.29, 0.717) is 0 Å². The maximum Gasteiger partial charge on any atom is 0.0831 e. The molecule has 0 fully saturated rings. The molecule has 0 saturated heterocycles. The summed E-state index contributed by atoms with van der Waals surface area (Å²) < 4.78 is 1.87. The molecule has 1 atom stereocenters. The molecule has 2 rings (SSSR count). The van der Waals surface area contributed by atoms with Crippen LogP contribution in [0, 0.1) is 0 Å². The minimum absolute atomic E-state index is 0.160. The van der Waals surface area contributed by atoms with Crippen LogP contribution in [0.4, 0.5) is 0 Å². The van der Waals surface area contributed by atoms with Gasteiger partial charge in [-0.2, -0.15) is 0 Å². The number of nitrogens with zero attached hydrogens (tertiary/aromatic N) is 1. The maximum absolute atomic E-state index is 6.11. The lowest BCUT2D eigenvalue weighted by Gasteiger charge is -2.10. The average molecular weight is 348 g/mol. The van der Waals surface area contributed by atoms with Crippen LogP contribution in [0.15, 0.2) is 38.7 Å². The van der Waals surface area contributed by atoms with Gasteiger partial charge in [0, 0.05) is 20.0 Å². The smallest absolute Gasteiger partial charge is 0.0831 e. The third kappa shape index (κ3) is 2.47. The molecule has 0 aliphatic heterocycles. The molecular formula is C10H8Br2N2S. The number of halogens is 2. The Labute approximate surface area is 109 Å². The summed E-state index contributed by atoms with van der Waals surface area (Å²) in [7, 11) is 0. The van der Waals surface area contributed by atoms with Crippen molar-refractivity contribution >= 4 is 43.2 Å². The van der Waals surface area contributed by atoms with Gasteiger partial charge in [0.25, 0.3) is 0 Å². The van der Waals surface area contributed by atoms with Crippen molar-refractivity contribution in [2.24, 2.45) is 5.73 Å². The highest BCUT2D eigenvalue weighted by atomic mass is 79.9. The SMILES string of the molecule is NC(c1cccs1)c1ncc(Br)cc1Br. The predicted molar refractivity (Wildman–Crippen MR) is 70.0 cm³/mol. The topological polar surface area (TPSA) is 38.9 Å². The van der Waals surface area contributed by atoms with Gasteiger partial charge < -0.3 is 5.73 Å². The van der Waals surface area contributed by atoms with Crippen LogP contribution in [0.3, 0.4) is 0 Å². The van der Waals surface area contributed by atoms with Gasteiger partial charge in [-0.05, 0) is 49.4 Å². The Kier molecular flexibility index (Phi) is 3.56. The normalized spacial score (nSPS) is 12.7. The highest BCUT2D eigenvalue weighted by Gasteiger charge is 2.14. The van der Waals surface area contributed by atoms with Gasteiger partial charge in [0.15, 0.2) is 0 Å². The molecule has 2 aromatic heterocycles. The molecule has 15 heavy (non-hydrogen) atoms. The first-order chi connectivity index (χ1) is 7.18. The molecule has 2 N–H and O–H groups in total. The predicted octanol–water partition coefficient (Wildman–Crippen LogP) is 3.72. The van der Waals surface area contributed by atoms with E-state index in [1.807, 2.05) is 23.6 Å². The first-order valence-corrected chi connectivity index (χ1v) is 6.75. The molecule has 2 nitrogen and oxygen atoms in total. The fraction of sp³-hybridized carbons (Fsp3) is 0.100. The number of aromatic nitrogens is 1. The van der Waals surface area contributed by atoms with E-state index in [1.165, 1.54) is 0 Å². The van der Waals surface area contributed by atoms with E-state index in [2.05, 4.69) is 36.8 Å². The van der Waals surface area contributed by atoms with Crippen LogP contribution in [0.2, 0.25) is 0 Å². The Morgan fingerprint density at radius 1 is 1.40 bits per heavy atom. The van der Waals surface area contributed by atoms with E-state index in [1.54, 1.807) is 17.5 Å². The maximum atomic E-state index is 6.11. The van der Waals surface area contributed by atoms with Crippen LogP contribution in [-0.2, 0) is 0 Å². The molecule has 2 aromatic rings. The quantitative estimate of drug-likeness (QED) is 0.899. The summed E-state index contributed by atoms with van der Waals surface area (Å²) in [6.45, 7) is 0. The van der Waals surface area contributed by atoms with E-state index >= 15 is 0 Å². The third-order valence-corrected chi connectivity index (χ3v) is 4.00. The van der Waals surface area contributed by atoms with Crippen molar-refractivity contribution in [2.75, 3.05) is 0 Å². The first-order valence-electron chi connectivity index (χ1n) is 4.28. The highest BCUT2D eigenvalue weighted by molar-refractivity contribution is 9.11. The van der Waals surface area contributed by atoms with E-state index in [-0.39, 0.29) is 6.04 Å². The standard InChI is InChI=1S/C10H8Br2N2S/c11-6-4-7(12)10(14-5-6)9(13)8-2-1-3-15-8/h1-5,9H,13H2. The Hall–Kier alpha value is -0.230. The number of nitrogens with two attached hydrogens (primary N) is 1. The van der Waals surface area contributed by atoms with E-state index in [9.17, 15) is 0 Å². The molecule has 0 bridgehead atoms. The van der Waals surface area contributed by atoms with Crippen LogP contribution in [0.5, 0.6) is 0 Å². The molecule has 0 amide bonds. The van der Waals surface area contributed by atoms with Gasteiger partial charge in [0.2, 0.25) is 0 Å². The molecule has 5 heteroatoms. The van der Waals surface area contributed by atoms with E-state index < -0.39 is 0 Å². The van der Waals surface area contributed by atoms with Gasteiger partial charge in [-0.15, -0.1) is 11.3 Å². The van der Waals surface area contributed by atoms with Crippen molar-refractivity contribution in [3.8, 4) is 0 Å². The molecule has 0 saturated carbocycles. The summed E-state index contributed by atoms with van der Waals surface area (Å²) in [5.41, 5.74) is 6.98. The summed E-state index contributed by atoms with van der Waals surface area (Å²) in [6, 6.07) is 5.81. The van der Waals surface area contributed by atoms with Crippen LogP contribution >= 0.6 is 43.2 Å². The molecule has 2 heterocycles. The molecule has 0 spiro atoms. The third-order valence-electron chi connectivity index (χ3n) is 1.98. The summed E-state index contributed by atoms with van der Waals surface area (Å²) >= 11 is 8.47. The van der Waals surface area contributed by atoms with Crippen molar-refractivity contribution in [2.45, 2.75) is 6.04 Å². The fourth-order valence-electron chi connectivity index (χ4n) is 1.26. The molecule has 78 valence electrons. The van der Waals surface area contributed by atoms with Crippen molar-refractivity contribution in [3.05, 3.63) is 49.3 Å². The van der Waals surface area contributed by atoms with Crippen molar-refractivity contribution in [3.63, 3.8) is 0 Å². The zero-order valence-electron chi connectivity index (χ0n) is 7.65. The average Bonchev–Trinajstić information content (AvgIpc) is 2.69. The van der Waals surface area contributed by atoms with Gasteiger partial charge in [0.05, 0.1) is 11.7 Å². The van der Waals surface area contributed by atoms with Crippen LogP contribution in [0.1, 0.15) is 16.6 Å². The van der Waals surface area contributed by atoms with Gasteiger partial charge in [-0.3, -0.25) is 4.98 Å². The van der Waals surface area contributed by atoms with Gasteiger partial charge in [-0.1, -0.05) is 6.07 Å². The van der Waals surface area contributed by atoms with Gasteiger partial charge in [-0.25, -0.2) is 0 Å². The Bertz CT molecular complexity index is 456. The minimum Gasteiger partial charge on any atom is -0.318 e. The van der Waals surface area contributed by atoms with Gasteiger partial charge >= 0.3 is 0 Å². The monoisotopic (exact) mass is 346 g/mol. The second kappa shape index (κ2) is 4.74. The number of rotatable bonds is 2. The van der Waals surface area contributed by atoms with Crippen molar-refractivity contribution in [1.82, 2.24) is 4.98 Å². The van der Waals surface area contributed by atoms with Crippen molar-refractivity contribution in [1.29, 1.82) is 0 Å². The highest BCUT2D eigenvalue weighted by Crippen LogP contribution is 2.29. The van der Waals surface area contributed by atoms with Crippen LogP contribution in [0.25, 0.3) is 0 Å².